The molecule has 0 radical (unpaired) electrons. The van der Waals surface area contributed by atoms with Crippen LogP contribution in [-0.2, 0) is 6.54 Å². The quantitative estimate of drug-likeness (QED) is 0.740. The summed E-state index contributed by atoms with van der Waals surface area (Å²) in [5, 5.41) is 3.43. The van der Waals surface area contributed by atoms with Crippen LogP contribution in [0.1, 0.15) is 39.0 Å². The molecule has 0 aromatic carbocycles. The number of nitrogens with one attached hydrogen (secondary N) is 1. The average Bonchev–Trinajstić information content (AvgIpc) is 2.63. The molecule has 1 heterocycles. The smallest absolute Gasteiger partial charge is 0.120 e. The molecule has 1 aromatic heterocycles. The van der Waals surface area contributed by atoms with Gasteiger partial charge in [0, 0.05) is 25.2 Å². The highest BCUT2D eigenvalue weighted by atomic mass is 16.3. The zero-order valence-corrected chi connectivity index (χ0v) is 11.8. The summed E-state index contributed by atoms with van der Waals surface area (Å²) in [6, 6.07) is 3.20. The van der Waals surface area contributed by atoms with Crippen LogP contribution in [0.3, 0.4) is 0 Å². The van der Waals surface area contributed by atoms with Crippen molar-refractivity contribution >= 4 is 0 Å². The lowest BCUT2D eigenvalue weighted by Gasteiger charge is -2.30. The van der Waals surface area contributed by atoms with Crippen molar-refractivity contribution in [3.05, 3.63) is 23.7 Å². The molecule has 0 unspecified atom stereocenters. The first-order valence-corrected chi connectivity index (χ1v) is 6.51. The van der Waals surface area contributed by atoms with Crippen molar-refractivity contribution in [1.82, 2.24) is 10.2 Å². The maximum atomic E-state index is 5.39. The van der Waals surface area contributed by atoms with Gasteiger partial charge in [0.2, 0.25) is 0 Å². The van der Waals surface area contributed by atoms with E-state index in [2.05, 4.69) is 44.8 Å². The predicted octanol–water partition coefficient (Wildman–Crippen LogP) is 2.80. The Morgan fingerprint density at radius 3 is 2.35 bits per heavy atom. The van der Waals surface area contributed by atoms with Crippen LogP contribution in [0.15, 0.2) is 16.7 Å². The lowest BCUT2D eigenvalue weighted by atomic mass is 10.2. The zero-order valence-electron chi connectivity index (χ0n) is 11.8. The first-order valence-electron chi connectivity index (χ1n) is 6.51. The molecule has 0 saturated carbocycles. The SMILES string of the molecule is Cc1ccoc1CNCCN(C(C)C)C(C)C. The van der Waals surface area contributed by atoms with Crippen LogP contribution < -0.4 is 5.32 Å². The molecule has 1 N–H and O–H groups in total. The van der Waals surface area contributed by atoms with Gasteiger partial charge in [-0.1, -0.05) is 0 Å². The summed E-state index contributed by atoms with van der Waals surface area (Å²) in [6.45, 7) is 14.0. The maximum absolute atomic E-state index is 5.39. The Hall–Kier alpha value is -0.800. The predicted molar refractivity (Wildman–Crippen MR) is 72.1 cm³/mol. The molecule has 0 aliphatic carbocycles. The topological polar surface area (TPSA) is 28.4 Å². The summed E-state index contributed by atoms with van der Waals surface area (Å²) >= 11 is 0. The van der Waals surface area contributed by atoms with Crippen molar-refractivity contribution < 1.29 is 4.42 Å². The van der Waals surface area contributed by atoms with Crippen LogP contribution in [0.4, 0.5) is 0 Å². The van der Waals surface area contributed by atoms with E-state index in [-0.39, 0.29) is 0 Å². The third-order valence-corrected chi connectivity index (χ3v) is 3.13. The minimum atomic E-state index is 0.599. The highest BCUT2D eigenvalue weighted by Gasteiger charge is 2.12. The van der Waals surface area contributed by atoms with E-state index in [0.29, 0.717) is 12.1 Å². The number of rotatable bonds is 7. The molecule has 98 valence electrons. The molecule has 0 aliphatic rings. The van der Waals surface area contributed by atoms with E-state index < -0.39 is 0 Å². The molecule has 0 bridgehead atoms. The number of furan rings is 1. The highest BCUT2D eigenvalue weighted by Crippen LogP contribution is 2.08. The van der Waals surface area contributed by atoms with Crippen molar-refractivity contribution in [2.45, 2.75) is 53.2 Å². The molecular formula is C14H26N2O. The van der Waals surface area contributed by atoms with E-state index in [9.17, 15) is 0 Å². The molecule has 0 atom stereocenters. The van der Waals surface area contributed by atoms with Gasteiger partial charge in [-0.3, -0.25) is 4.90 Å². The van der Waals surface area contributed by atoms with Gasteiger partial charge < -0.3 is 9.73 Å². The van der Waals surface area contributed by atoms with Gasteiger partial charge in [0.05, 0.1) is 12.8 Å². The molecule has 3 nitrogen and oxygen atoms in total. The van der Waals surface area contributed by atoms with Crippen molar-refractivity contribution in [1.29, 1.82) is 0 Å². The number of nitrogens with zero attached hydrogens (tertiary/aromatic N) is 1. The monoisotopic (exact) mass is 238 g/mol. The summed E-state index contributed by atoms with van der Waals surface area (Å²) < 4.78 is 5.39. The molecule has 0 spiro atoms. The Kier molecular flexibility index (Phi) is 5.72. The third kappa shape index (κ3) is 4.52. The summed E-state index contributed by atoms with van der Waals surface area (Å²) in [4.78, 5) is 2.49. The van der Waals surface area contributed by atoms with Crippen LogP contribution in [0, 0.1) is 6.92 Å². The van der Waals surface area contributed by atoms with E-state index in [1.165, 1.54) is 5.56 Å². The second kappa shape index (κ2) is 6.82. The van der Waals surface area contributed by atoms with Crippen LogP contribution in [-0.4, -0.2) is 30.1 Å². The Balaban J connectivity index is 2.25. The van der Waals surface area contributed by atoms with Gasteiger partial charge in [0.25, 0.3) is 0 Å². The Bertz CT molecular complexity index is 310. The van der Waals surface area contributed by atoms with E-state index in [1.807, 2.05) is 6.07 Å². The summed E-state index contributed by atoms with van der Waals surface area (Å²) in [5.74, 6) is 1.05. The second-order valence-corrected chi connectivity index (χ2v) is 5.13. The van der Waals surface area contributed by atoms with Crippen molar-refractivity contribution in [3.63, 3.8) is 0 Å². The fourth-order valence-electron chi connectivity index (χ4n) is 2.11. The van der Waals surface area contributed by atoms with E-state index >= 15 is 0 Å². The van der Waals surface area contributed by atoms with Gasteiger partial charge in [-0.2, -0.15) is 0 Å². The Morgan fingerprint density at radius 1 is 1.24 bits per heavy atom. The van der Waals surface area contributed by atoms with E-state index in [0.717, 1.165) is 25.4 Å². The summed E-state index contributed by atoms with van der Waals surface area (Å²) in [6.07, 6.45) is 1.75. The molecular weight excluding hydrogens is 212 g/mol. The minimum Gasteiger partial charge on any atom is -0.468 e. The van der Waals surface area contributed by atoms with Crippen LogP contribution in [0.2, 0.25) is 0 Å². The Labute approximate surface area is 105 Å². The molecule has 1 rings (SSSR count). The molecule has 0 aliphatic heterocycles. The number of aryl methyl sites for hydroxylation is 1. The zero-order chi connectivity index (χ0) is 12.8. The molecule has 0 saturated heterocycles. The fraction of sp³-hybridized carbons (Fsp3) is 0.714. The van der Waals surface area contributed by atoms with Crippen LogP contribution in [0.25, 0.3) is 0 Å². The van der Waals surface area contributed by atoms with Gasteiger partial charge in [0.15, 0.2) is 0 Å². The van der Waals surface area contributed by atoms with E-state index in [4.69, 9.17) is 4.42 Å². The first-order chi connectivity index (χ1) is 8.02. The van der Waals surface area contributed by atoms with Crippen molar-refractivity contribution in [3.8, 4) is 0 Å². The van der Waals surface area contributed by atoms with Gasteiger partial charge in [-0.05, 0) is 46.2 Å². The fourth-order valence-corrected chi connectivity index (χ4v) is 2.11. The minimum absolute atomic E-state index is 0.599. The van der Waals surface area contributed by atoms with Gasteiger partial charge in [-0.15, -0.1) is 0 Å². The summed E-state index contributed by atoms with van der Waals surface area (Å²) in [5.41, 5.74) is 1.22. The largest absolute Gasteiger partial charge is 0.468 e. The molecule has 3 heteroatoms. The van der Waals surface area contributed by atoms with Gasteiger partial charge in [-0.25, -0.2) is 0 Å². The van der Waals surface area contributed by atoms with Crippen LogP contribution in [0.5, 0.6) is 0 Å². The standard InChI is InChI=1S/C14H26N2O/c1-11(2)16(12(3)4)8-7-15-10-14-13(5)6-9-17-14/h6,9,11-12,15H,7-8,10H2,1-5H3. The molecule has 0 fully saturated rings. The average molecular weight is 238 g/mol. The van der Waals surface area contributed by atoms with Gasteiger partial charge >= 0.3 is 0 Å². The molecule has 0 amide bonds. The number of hydrogen-bond acceptors (Lipinski definition) is 3. The highest BCUT2D eigenvalue weighted by molar-refractivity contribution is 5.13. The summed E-state index contributed by atoms with van der Waals surface area (Å²) in [7, 11) is 0. The van der Waals surface area contributed by atoms with Crippen molar-refractivity contribution in [2.24, 2.45) is 0 Å². The first kappa shape index (κ1) is 14.3. The second-order valence-electron chi connectivity index (χ2n) is 5.13. The molecule has 1 aromatic rings. The lowest BCUT2D eigenvalue weighted by molar-refractivity contribution is 0.175. The Morgan fingerprint density at radius 2 is 1.88 bits per heavy atom. The van der Waals surface area contributed by atoms with Gasteiger partial charge in [0.1, 0.15) is 5.76 Å². The molecule has 17 heavy (non-hydrogen) atoms. The normalized spacial score (nSPS) is 12.0. The van der Waals surface area contributed by atoms with Crippen LogP contribution >= 0.6 is 0 Å². The number of hydrogen-bond donors (Lipinski definition) is 1. The third-order valence-electron chi connectivity index (χ3n) is 3.13. The van der Waals surface area contributed by atoms with Crippen molar-refractivity contribution in [2.75, 3.05) is 13.1 Å². The van der Waals surface area contributed by atoms with E-state index in [1.54, 1.807) is 6.26 Å². The lowest BCUT2D eigenvalue weighted by Crippen LogP contribution is -2.41. The maximum Gasteiger partial charge on any atom is 0.120 e.